The molecule has 136 valence electrons. The first-order valence-corrected chi connectivity index (χ1v) is 8.81. The molecule has 0 saturated heterocycles. The molecule has 3 aromatic heterocycles. The van der Waals surface area contributed by atoms with Crippen LogP contribution in [0.15, 0.2) is 71.3 Å². The number of fused-ring (bicyclic) bond motifs is 3. The van der Waals surface area contributed by atoms with Crippen molar-refractivity contribution in [2.24, 2.45) is 0 Å². The Bertz CT molecular complexity index is 1360. The topological polar surface area (TPSA) is 38.9 Å². The molecule has 0 spiro atoms. The quantitative estimate of drug-likeness (QED) is 0.365. The molecule has 0 aliphatic rings. The maximum Gasteiger partial charge on any atom is 0.227 e. The van der Waals surface area contributed by atoms with Crippen molar-refractivity contribution in [3.05, 3.63) is 84.2 Å². The Morgan fingerprint density at radius 1 is 0.821 bits per heavy atom. The molecule has 0 N–H and O–H groups in total. The monoisotopic (exact) mass is 372 g/mol. The number of aryl methyl sites for hydroxylation is 1. The van der Waals surface area contributed by atoms with Crippen LogP contribution >= 0.6 is 0 Å². The van der Waals surface area contributed by atoms with Crippen molar-refractivity contribution in [3.63, 3.8) is 0 Å². The summed E-state index contributed by atoms with van der Waals surface area (Å²) >= 11 is 0. The van der Waals surface area contributed by atoms with Crippen LogP contribution in [-0.4, -0.2) is 9.97 Å². The second-order valence-corrected chi connectivity index (χ2v) is 6.65. The van der Waals surface area contributed by atoms with Crippen LogP contribution in [0, 0.1) is 18.6 Å². The number of pyridine rings is 2. The van der Waals surface area contributed by atoms with Crippen molar-refractivity contribution >= 4 is 22.1 Å². The Kier molecular flexibility index (Phi) is 3.69. The average Bonchev–Trinajstić information content (AvgIpc) is 3.07. The predicted molar refractivity (Wildman–Crippen MR) is 105 cm³/mol. The summed E-state index contributed by atoms with van der Waals surface area (Å²) in [4.78, 5) is 8.93. The predicted octanol–water partition coefficient (Wildman–Crippen LogP) is 6.30. The van der Waals surface area contributed by atoms with Crippen LogP contribution in [0.1, 0.15) is 5.69 Å². The molecule has 28 heavy (non-hydrogen) atoms. The summed E-state index contributed by atoms with van der Waals surface area (Å²) < 4.78 is 32.9. The van der Waals surface area contributed by atoms with Gasteiger partial charge in [0.2, 0.25) is 5.71 Å². The van der Waals surface area contributed by atoms with Crippen molar-refractivity contribution in [1.82, 2.24) is 9.97 Å². The highest BCUT2D eigenvalue weighted by molar-refractivity contribution is 6.08. The fourth-order valence-electron chi connectivity index (χ4n) is 3.41. The van der Waals surface area contributed by atoms with E-state index < -0.39 is 11.6 Å². The molecule has 0 fully saturated rings. The molecule has 3 nitrogen and oxygen atoms in total. The standard InChI is InChI=1S/C23H14F2N2O/c1-13-5-7-17-16-3-2-4-18(22(16)28-23(17)27-13)21-12-15(9-10-26-21)14-6-8-19(24)20(25)11-14/h2-12H,1H3. The van der Waals surface area contributed by atoms with Gasteiger partial charge in [-0.3, -0.25) is 4.98 Å². The van der Waals surface area contributed by atoms with Gasteiger partial charge in [0.25, 0.3) is 0 Å². The number of halogens is 2. The minimum Gasteiger partial charge on any atom is -0.437 e. The zero-order valence-electron chi connectivity index (χ0n) is 14.9. The molecule has 0 atom stereocenters. The van der Waals surface area contributed by atoms with Crippen molar-refractivity contribution < 1.29 is 13.2 Å². The summed E-state index contributed by atoms with van der Waals surface area (Å²) in [5.41, 5.74) is 4.99. The Morgan fingerprint density at radius 2 is 1.68 bits per heavy atom. The third kappa shape index (κ3) is 2.63. The lowest BCUT2D eigenvalue weighted by Crippen LogP contribution is -1.88. The van der Waals surface area contributed by atoms with E-state index in [0.717, 1.165) is 33.7 Å². The van der Waals surface area contributed by atoms with Crippen LogP contribution in [0.5, 0.6) is 0 Å². The van der Waals surface area contributed by atoms with Gasteiger partial charge in [-0.2, -0.15) is 0 Å². The Morgan fingerprint density at radius 3 is 2.54 bits per heavy atom. The summed E-state index contributed by atoms with van der Waals surface area (Å²) in [6.07, 6.45) is 1.65. The van der Waals surface area contributed by atoms with Crippen molar-refractivity contribution in [3.8, 4) is 22.4 Å². The highest BCUT2D eigenvalue weighted by Crippen LogP contribution is 2.35. The third-order valence-corrected chi connectivity index (χ3v) is 4.79. The molecule has 0 aliphatic heterocycles. The van der Waals surface area contributed by atoms with Crippen LogP contribution in [0.25, 0.3) is 44.5 Å². The SMILES string of the molecule is Cc1ccc2c(n1)oc1c(-c3cc(-c4ccc(F)c(F)c4)ccn3)cccc12. The van der Waals surface area contributed by atoms with Crippen LogP contribution in [0.3, 0.4) is 0 Å². The van der Waals surface area contributed by atoms with Gasteiger partial charge in [0.05, 0.1) is 5.69 Å². The molecule has 2 aromatic carbocycles. The van der Waals surface area contributed by atoms with Gasteiger partial charge in [-0.15, -0.1) is 0 Å². The van der Waals surface area contributed by atoms with Crippen molar-refractivity contribution in [2.45, 2.75) is 6.92 Å². The fraction of sp³-hybridized carbons (Fsp3) is 0.0435. The molecule has 0 bridgehead atoms. The summed E-state index contributed by atoms with van der Waals surface area (Å²) in [6, 6.07) is 17.3. The Labute approximate surface area is 159 Å². The molecule has 5 rings (SSSR count). The first-order chi connectivity index (χ1) is 13.6. The molecule has 0 radical (unpaired) electrons. The molecular formula is C23H14F2N2O. The highest BCUT2D eigenvalue weighted by atomic mass is 19.2. The summed E-state index contributed by atoms with van der Waals surface area (Å²) in [5.74, 6) is -1.75. The summed E-state index contributed by atoms with van der Waals surface area (Å²) in [6.45, 7) is 1.92. The van der Waals surface area contributed by atoms with Gasteiger partial charge in [-0.25, -0.2) is 13.8 Å². The average molecular weight is 372 g/mol. The largest absolute Gasteiger partial charge is 0.437 e. The summed E-state index contributed by atoms with van der Waals surface area (Å²) in [7, 11) is 0. The smallest absolute Gasteiger partial charge is 0.227 e. The van der Waals surface area contributed by atoms with E-state index in [1.54, 1.807) is 18.3 Å². The molecular weight excluding hydrogens is 358 g/mol. The van der Waals surface area contributed by atoms with E-state index in [-0.39, 0.29) is 0 Å². The van der Waals surface area contributed by atoms with Crippen molar-refractivity contribution in [1.29, 1.82) is 0 Å². The molecule has 5 aromatic rings. The summed E-state index contributed by atoms with van der Waals surface area (Å²) in [5, 5.41) is 1.90. The molecule has 0 amide bonds. The Hall–Kier alpha value is -3.60. The zero-order valence-corrected chi connectivity index (χ0v) is 14.9. The minimum atomic E-state index is -0.878. The van der Waals surface area contributed by atoms with E-state index in [1.165, 1.54) is 6.07 Å². The first kappa shape index (κ1) is 16.6. The molecule has 0 aliphatic carbocycles. The highest BCUT2D eigenvalue weighted by Gasteiger charge is 2.14. The van der Waals surface area contributed by atoms with E-state index in [4.69, 9.17) is 4.42 Å². The lowest BCUT2D eigenvalue weighted by molar-refractivity contribution is 0.509. The first-order valence-electron chi connectivity index (χ1n) is 8.81. The van der Waals surface area contributed by atoms with Crippen LogP contribution < -0.4 is 0 Å². The van der Waals surface area contributed by atoms with Gasteiger partial charge < -0.3 is 4.42 Å². The number of hydrogen-bond donors (Lipinski definition) is 0. The lowest BCUT2D eigenvalue weighted by Gasteiger charge is -2.06. The number of nitrogens with zero attached hydrogens (tertiary/aromatic N) is 2. The normalized spacial score (nSPS) is 11.4. The third-order valence-electron chi connectivity index (χ3n) is 4.79. The Balaban J connectivity index is 1.70. The van der Waals surface area contributed by atoms with Gasteiger partial charge in [0, 0.05) is 28.2 Å². The maximum absolute atomic E-state index is 13.6. The minimum absolute atomic E-state index is 0.580. The van der Waals surface area contributed by atoms with Gasteiger partial charge >= 0.3 is 0 Å². The van der Waals surface area contributed by atoms with E-state index in [1.807, 2.05) is 43.3 Å². The zero-order chi connectivity index (χ0) is 19.3. The number of para-hydroxylation sites is 1. The number of rotatable bonds is 2. The van der Waals surface area contributed by atoms with Crippen molar-refractivity contribution in [2.75, 3.05) is 0 Å². The number of aromatic nitrogens is 2. The number of benzene rings is 2. The molecule has 5 heteroatoms. The van der Waals surface area contributed by atoms with Crippen LogP contribution in [0.4, 0.5) is 8.78 Å². The number of hydrogen-bond acceptors (Lipinski definition) is 3. The van der Waals surface area contributed by atoms with Crippen LogP contribution in [0.2, 0.25) is 0 Å². The van der Waals surface area contributed by atoms with E-state index in [9.17, 15) is 8.78 Å². The van der Waals surface area contributed by atoms with Gasteiger partial charge in [0.1, 0.15) is 5.58 Å². The maximum atomic E-state index is 13.6. The van der Waals surface area contributed by atoms with Gasteiger partial charge in [-0.1, -0.05) is 18.2 Å². The van der Waals surface area contributed by atoms with E-state index >= 15 is 0 Å². The molecule has 3 heterocycles. The van der Waals surface area contributed by atoms with Gasteiger partial charge in [0.15, 0.2) is 11.6 Å². The second-order valence-electron chi connectivity index (χ2n) is 6.65. The van der Waals surface area contributed by atoms with E-state index in [2.05, 4.69) is 9.97 Å². The molecule has 0 unspecified atom stereocenters. The number of furan rings is 1. The van der Waals surface area contributed by atoms with Gasteiger partial charge in [-0.05, 0) is 60.5 Å². The molecule has 0 saturated carbocycles. The van der Waals surface area contributed by atoms with Crippen LogP contribution in [-0.2, 0) is 0 Å². The second kappa shape index (κ2) is 6.23. The fourth-order valence-corrected chi connectivity index (χ4v) is 3.41. The lowest BCUT2D eigenvalue weighted by atomic mass is 10.0. The van der Waals surface area contributed by atoms with E-state index in [0.29, 0.717) is 22.6 Å².